The zero-order chi connectivity index (χ0) is 23.5. The Bertz CT molecular complexity index is 1510. The van der Waals surface area contributed by atoms with E-state index in [1.54, 1.807) is 37.0 Å². The maximum absolute atomic E-state index is 13.7. The molecule has 10 heteroatoms. The summed E-state index contributed by atoms with van der Waals surface area (Å²) in [6, 6.07) is 16.9. The fourth-order valence-electron chi connectivity index (χ4n) is 3.57. The molecule has 0 aliphatic heterocycles. The number of thiazole rings is 1. The van der Waals surface area contributed by atoms with Crippen molar-refractivity contribution in [3.8, 4) is 22.6 Å². The number of aromatic nitrogens is 4. The number of nitrogens with zero attached hydrogens (tertiary/aromatic N) is 3. The highest BCUT2D eigenvalue weighted by molar-refractivity contribution is 7.99. The van der Waals surface area contributed by atoms with E-state index in [2.05, 4.69) is 15.3 Å². The van der Waals surface area contributed by atoms with E-state index in [-0.39, 0.29) is 17.2 Å². The van der Waals surface area contributed by atoms with Crippen LogP contribution in [0.2, 0.25) is 0 Å². The highest BCUT2D eigenvalue weighted by Gasteiger charge is 2.20. The van der Waals surface area contributed by atoms with Gasteiger partial charge in [-0.2, -0.15) is 0 Å². The number of aromatic amines is 1. The van der Waals surface area contributed by atoms with E-state index in [1.165, 1.54) is 27.7 Å². The van der Waals surface area contributed by atoms with E-state index in [0.29, 0.717) is 32.8 Å². The molecule has 0 unspecified atom stereocenters. The Morgan fingerprint density at radius 2 is 1.97 bits per heavy atom. The van der Waals surface area contributed by atoms with Crippen molar-refractivity contribution >= 4 is 45.2 Å². The average Bonchev–Trinajstić information content (AvgIpc) is 3.53. The number of carbonyl (C=O) groups excluding carboxylic acids is 1. The number of fused-ring (bicyclic) bond motifs is 1. The first-order valence-corrected chi connectivity index (χ1v) is 12.2. The van der Waals surface area contributed by atoms with Crippen LogP contribution in [-0.4, -0.2) is 38.3 Å². The number of hydrogen-bond acceptors (Lipinski definition) is 7. The number of rotatable bonds is 7. The molecular weight excluding hydrogens is 470 g/mol. The zero-order valence-electron chi connectivity index (χ0n) is 18.0. The van der Waals surface area contributed by atoms with Gasteiger partial charge in [-0.1, -0.05) is 54.2 Å². The molecule has 3 aromatic heterocycles. The van der Waals surface area contributed by atoms with E-state index in [0.717, 1.165) is 11.1 Å². The summed E-state index contributed by atoms with van der Waals surface area (Å²) in [5.41, 5.74) is 2.94. The molecule has 2 N–H and O–H groups in total. The average molecular weight is 490 g/mol. The van der Waals surface area contributed by atoms with Gasteiger partial charge in [-0.3, -0.25) is 9.59 Å². The van der Waals surface area contributed by atoms with Gasteiger partial charge < -0.3 is 15.0 Å². The van der Waals surface area contributed by atoms with E-state index >= 15 is 0 Å². The number of nitrogens with one attached hydrogen (secondary N) is 2. The van der Waals surface area contributed by atoms with Gasteiger partial charge in [-0.15, -0.1) is 11.3 Å². The number of benzene rings is 2. The van der Waals surface area contributed by atoms with Gasteiger partial charge in [0.25, 0.3) is 5.56 Å². The smallest absolute Gasteiger partial charge is 0.283 e. The number of thioether (sulfide) groups is 1. The van der Waals surface area contributed by atoms with Gasteiger partial charge in [-0.25, -0.2) is 14.5 Å². The molecule has 0 bridgehead atoms. The largest absolute Gasteiger partial charge is 0.495 e. The third kappa shape index (κ3) is 4.20. The van der Waals surface area contributed by atoms with Crippen molar-refractivity contribution in [2.75, 3.05) is 18.2 Å². The van der Waals surface area contributed by atoms with Crippen molar-refractivity contribution in [1.82, 2.24) is 19.5 Å². The van der Waals surface area contributed by atoms with E-state index in [1.807, 2.05) is 42.5 Å². The van der Waals surface area contributed by atoms with Crippen LogP contribution in [0.15, 0.2) is 82.3 Å². The van der Waals surface area contributed by atoms with Crippen molar-refractivity contribution in [1.29, 1.82) is 0 Å². The molecule has 5 rings (SSSR count). The molecule has 8 nitrogen and oxygen atoms in total. The van der Waals surface area contributed by atoms with Gasteiger partial charge in [0.1, 0.15) is 16.8 Å². The highest BCUT2D eigenvalue weighted by atomic mass is 32.2. The number of H-pyrrole nitrogens is 1. The summed E-state index contributed by atoms with van der Waals surface area (Å²) < 4.78 is 6.98. The first kappa shape index (κ1) is 21.9. The van der Waals surface area contributed by atoms with E-state index < -0.39 is 0 Å². The molecule has 170 valence electrons. The molecule has 3 heterocycles. The molecule has 0 fully saturated rings. The molecule has 0 saturated heterocycles. The van der Waals surface area contributed by atoms with Crippen LogP contribution in [0.4, 0.5) is 5.13 Å². The summed E-state index contributed by atoms with van der Waals surface area (Å²) in [6.07, 6.45) is 3.41. The predicted octanol–water partition coefficient (Wildman–Crippen LogP) is 4.58. The molecule has 34 heavy (non-hydrogen) atoms. The minimum atomic E-state index is -0.278. The van der Waals surface area contributed by atoms with Crippen LogP contribution in [0.5, 0.6) is 5.75 Å². The van der Waals surface area contributed by atoms with Crippen LogP contribution in [0.3, 0.4) is 0 Å². The van der Waals surface area contributed by atoms with Crippen LogP contribution in [-0.2, 0) is 4.79 Å². The Morgan fingerprint density at radius 3 is 2.74 bits per heavy atom. The summed E-state index contributed by atoms with van der Waals surface area (Å²) in [4.78, 5) is 38.2. The summed E-state index contributed by atoms with van der Waals surface area (Å²) >= 11 is 2.51. The molecule has 0 spiro atoms. The number of anilines is 1. The monoisotopic (exact) mass is 489 g/mol. The Labute approximate surface area is 202 Å². The van der Waals surface area contributed by atoms with Crippen molar-refractivity contribution in [2.45, 2.75) is 5.16 Å². The normalized spacial score (nSPS) is 11.0. The molecule has 0 saturated carbocycles. The van der Waals surface area contributed by atoms with Crippen LogP contribution in [0, 0.1) is 0 Å². The number of ether oxygens (including phenoxy) is 1. The van der Waals surface area contributed by atoms with Gasteiger partial charge >= 0.3 is 0 Å². The lowest BCUT2D eigenvalue weighted by Crippen LogP contribution is -2.23. The third-order valence-electron chi connectivity index (χ3n) is 5.09. The van der Waals surface area contributed by atoms with Gasteiger partial charge in [0.2, 0.25) is 5.91 Å². The van der Waals surface area contributed by atoms with Gasteiger partial charge in [-0.05, 0) is 17.7 Å². The third-order valence-corrected chi connectivity index (χ3v) is 6.72. The summed E-state index contributed by atoms with van der Waals surface area (Å²) in [5.74, 6) is 0.338. The van der Waals surface area contributed by atoms with Crippen LogP contribution < -0.4 is 15.6 Å². The van der Waals surface area contributed by atoms with Gasteiger partial charge in [0.15, 0.2) is 10.3 Å². The number of para-hydroxylation sites is 2. The first-order chi connectivity index (χ1) is 16.7. The molecule has 0 aliphatic carbocycles. The lowest BCUT2D eigenvalue weighted by molar-refractivity contribution is -0.113. The number of amides is 1. The Hall–Kier alpha value is -3.89. The molecule has 5 aromatic rings. The Balaban J connectivity index is 1.62. The molecule has 0 atom stereocenters. The van der Waals surface area contributed by atoms with Gasteiger partial charge in [0, 0.05) is 23.3 Å². The number of hydrogen-bond donors (Lipinski definition) is 2. The fraction of sp³-hybridized carbons (Fsp3) is 0.0833. The van der Waals surface area contributed by atoms with Crippen molar-refractivity contribution < 1.29 is 9.53 Å². The quantitative estimate of drug-likeness (QED) is 0.256. The second-order valence-corrected chi connectivity index (χ2v) is 9.01. The fourth-order valence-corrected chi connectivity index (χ4v) is 4.91. The van der Waals surface area contributed by atoms with Crippen LogP contribution in [0.1, 0.15) is 0 Å². The SMILES string of the molecule is COc1ccccc1-n1c(SCC(=O)Nc2nccs2)nc2c(-c3ccccc3)c[nH]c2c1=O. The molecule has 1 amide bonds. The minimum Gasteiger partial charge on any atom is -0.495 e. The summed E-state index contributed by atoms with van der Waals surface area (Å²) in [6.45, 7) is 0. The Kier molecular flexibility index (Phi) is 6.15. The van der Waals surface area contributed by atoms with Crippen molar-refractivity contribution in [3.05, 3.63) is 82.7 Å². The second kappa shape index (κ2) is 9.54. The minimum absolute atomic E-state index is 0.0533. The van der Waals surface area contributed by atoms with Crippen molar-refractivity contribution in [3.63, 3.8) is 0 Å². The Morgan fingerprint density at radius 1 is 1.18 bits per heavy atom. The maximum Gasteiger partial charge on any atom is 0.283 e. The second-order valence-electron chi connectivity index (χ2n) is 7.17. The predicted molar refractivity (Wildman–Crippen MR) is 135 cm³/mol. The zero-order valence-corrected chi connectivity index (χ0v) is 19.7. The summed E-state index contributed by atoms with van der Waals surface area (Å²) in [7, 11) is 1.55. The lowest BCUT2D eigenvalue weighted by atomic mass is 10.1. The number of carbonyl (C=O) groups is 1. The van der Waals surface area contributed by atoms with Crippen LogP contribution >= 0.6 is 23.1 Å². The van der Waals surface area contributed by atoms with Crippen LogP contribution in [0.25, 0.3) is 27.8 Å². The van der Waals surface area contributed by atoms with Crippen molar-refractivity contribution in [2.24, 2.45) is 0 Å². The molecule has 0 radical (unpaired) electrons. The number of methoxy groups -OCH3 is 1. The highest BCUT2D eigenvalue weighted by Crippen LogP contribution is 2.31. The molecule has 0 aliphatic rings. The molecular formula is C24H19N5O3S2. The molecule has 2 aromatic carbocycles. The topological polar surface area (TPSA) is 102 Å². The van der Waals surface area contributed by atoms with E-state index in [4.69, 9.17) is 9.72 Å². The standard InChI is InChI=1S/C24H19N5O3S2/c1-32-18-10-6-5-9-17(18)29-22(31)21-20(16(13-26-21)15-7-3-2-4-8-15)28-24(29)34-14-19(30)27-23-25-11-12-33-23/h2-13,26H,14H2,1H3,(H,25,27,30). The lowest BCUT2D eigenvalue weighted by Gasteiger charge is -2.15. The first-order valence-electron chi connectivity index (χ1n) is 10.3. The van der Waals surface area contributed by atoms with Gasteiger partial charge in [0.05, 0.1) is 18.6 Å². The summed E-state index contributed by atoms with van der Waals surface area (Å²) in [5, 5.41) is 5.45. The van der Waals surface area contributed by atoms with E-state index in [9.17, 15) is 9.59 Å². The maximum atomic E-state index is 13.7.